The molecule has 2 unspecified atom stereocenters. The van der Waals surface area contributed by atoms with Gasteiger partial charge in [-0.05, 0) is 25.3 Å². The van der Waals surface area contributed by atoms with E-state index in [0.717, 1.165) is 25.8 Å². The quantitative estimate of drug-likeness (QED) is 0.404. The predicted molar refractivity (Wildman–Crippen MR) is 66.9 cm³/mol. The van der Waals surface area contributed by atoms with Crippen molar-refractivity contribution < 1.29 is 20.1 Å². The van der Waals surface area contributed by atoms with E-state index in [4.69, 9.17) is 15.3 Å². The minimum atomic E-state index is -1.34. The maximum atomic E-state index is 12.0. The van der Waals surface area contributed by atoms with Crippen LogP contribution in [0, 0.1) is 5.92 Å². The molecule has 0 spiro atoms. The molecule has 1 rings (SSSR count). The van der Waals surface area contributed by atoms with Crippen LogP contribution in [0.4, 0.5) is 0 Å². The summed E-state index contributed by atoms with van der Waals surface area (Å²) in [7, 11) is 0. The highest BCUT2D eigenvalue weighted by molar-refractivity contribution is 5.82. The minimum absolute atomic E-state index is 0.273. The Morgan fingerprint density at radius 1 is 1.33 bits per heavy atom. The second-order valence-corrected chi connectivity index (χ2v) is 5.05. The first-order valence-corrected chi connectivity index (χ1v) is 6.48. The van der Waals surface area contributed by atoms with Gasteiger partial charge in [0, 0.05) is 0 Å². The van der Waals surface area contributed by atoms with Crippen LogP contribution in [0.2, 0.25) is 0 Å². The molecule has 1 aliphatic rings. The fraction of sp³-hybridized carbons (Fsp3) is 0.917. The Balaban J connectivity index is 2.58. The van der Waals surface area contributed by atoms with Gasteiger partial charge in [0.1, 0.15) is 5.54 Å². The lowest BCUT2D eigenvalue weighted by Crippen LogP contribution is -2.61. The number of hydrogen-bond acceptors (Lipinski definition) is 5. The predicted octanol–water partition coefficient (Wildman–Crippen LogP) is -1.40. The van der Waals surface area contributed by atoms with Crippen molar-refractivity contribution in [3.63, 3.8) is 0 Å². The van der Waals surface area contributed by atoms with Crippen LogP contribution in [-0.4, -0.2) is 59.2 Å². The van der Waals surface area contributed by atoms with Crippen molar-refractivity contribution in [3.8, 4) is 0 Å². The van der Waals surface area contributed by atoms with Crippen LogP contribution in [-0.2, 0) is 4.79 Å². The number of hydrogen-bond donors (Lipinski definition) is 5. The molecule has 1 aliphatic heterocycles. The SMILES string of the molecule is CCC1CCNC(C(=O)NC(CO)(CO)CO)C1. The van der Waals surface area contributed by atoms with Gasteiger partial charge in [-0.3, -0.25) is 4.79 Å². The molecule has 1 fully saturated rings. The number of carbonyl (C=O) groups is 1. The van der Waals surface area contributed by atoms with Crippen LogP contribution < -0.4 is 10.6 Å². The Labute approximate surface area is 107 Å². The molecule has 0 aromatic heterocycles. The molecule has 1 saturated heterocycles. The molecule has 0 radical (unpaired) electrons. The highest BCUT2D eigenvalue weighted by Gasteiger charge is 2.34. The van der Waals surface area contributed by atoms with E-state index in [-0.39, 0.29) is 11.9 Å². The number of amides is 1. The molecule has 6 heteroatoms. The summed E-state index contributed by atoms with van der Waals surface area (Å²) in [6.07, 6.45) is 2.85. The number of aliphatic hydroxyl groups is 3. The van der Waals surface area contributed by atoms with Crippen LogP contribution in [0.1, 0.15) is 26.2 Å². The Morgan fingerprint density at radius 2 is 1.94 bits per heavy atom. The van der Waals surface area contributed by atoms with Gasteiger partial charge in [-0.1, -0.05) is 13.3 Å². The molecule has 2 atom stereocenters. The van der Waals surface area contributed by atoms with E-state index in [2.05, 4.69) is 17.6 Å². The topological polar surface area (TPSA) is 102 Å². The standard InChI is InChI=1S/C12H24N2O4/c1-2-9-3-4-13-10(5-9)11(18)14-12(6-15,7-16)8-17/h9-10,13,15-17H,2-8H2,1H3,(H,14,18). The van der Waals surface area contributed by atoms with Gasteiger partial charge in [0.05, 0.1) is 25.9 Å². The Hall–Kier alpha value is -0.690. The summed E-state index contributed by atoms with van der Waals surface area (Å²) in [4.78, 5) is 12.0. The Kier molecular flexibility index (Phi) is 6.01. The van der Waals surface area contributed by atoms with Gasteiger partial charge in [-0.15, -0.1) is 0 Å². The fourth-order valence-corrected chi connectivity index (χ4v) is 2.18. The summed E-state index contributed by atoms with van der Waals surface area (Å²) < 4.78 is 0. The zero-order valence-corrected chi connectivity index (χ0v) is 10.9. The second-order valence-electron chi connectivity index (χ2n) is 5.05. The third kappa shape index (κ3) is 3.65. The van der Waals surface area contributed by atoms with Crippen molar-refractivity contribution in [1.82, 2.24) is 10.6 Å². The number of aliphatic hydroxyl groups excluding tert-OH is 3. The number of nitrogens with one attached hydrogen (secondary N) is 2. The zero-order chi connectivity index (χ0) is 13.6. The lowest BCUT2D eigenvalue weighted by Gasteiger charge is -2.34. The Bertz CT molecular complexity index is 261. The first-order chi connectivity index (χ1) is 8.60. The maximum absolute atomic E-state index is 12.0. The van der Waals surface area contributed by atoms with Gasteiger partial charge in [0.15, 0.2) is 0 Å². The van der Waals surface area contributed by atoms with Gasteiger partial charge in [0.25, 0.3) is 0 Å². The molecule has 0 aromatic rings. The molecular weight excluding hydrogens is 236 g/mol. The van der Waals surface area contributed by atoms with Crippen LogP contribution in [0.5, 0.6) is 0 Å². The van der Waals surface area contributed by atoms with Gasteiger partial charge >= 0.3 is 0 Å². The Morgan fingerprint density at radius 3 is 2.44 bits per heavy atom. The molecule has 5 N–H and O–H groups in total. The van der Waals surface area contributed by atoms with Crippen molar-refractivity contribution in [3.05, 3.63) is 0 Å². The van der Waals surface area contributed by atoms with E-state index in [1.807, 2.05) is 0 Å². The maximum Gasteiger partial charge on any atom is 0.237 e. The van der Waals surface area contributed by atoms with E-state index in [9.17, 15) is 4.79 Å². The van der Waals surface area contributed by atoms with Crippen LogP contribution >= 0.6 is 0 Å². The van der Waals surface area contributed by atoms with Crippen LogP contribution in [0.3, 0.4) is 0 Å². The summed E-state index contributed by atoms with van der Waals surface area (Å²) >= 11 is 0. The third-order valence-electron chi connectivity index (χ3n) is 3.70. The minimum Gasteiger partial charge on any atom is -0.394 e. The first kappa shape index (κ1) is 15.4. The van der Waals surface area contributed by atoms with Gasteiger partial charge in [0.2, 0.25) is 5.91 Å². The molecule has 0 bridgehead atoms. The normalized spacial score (nSPS) is 24.9. The molecule has 6 nitrogen and oxygen atoms in total. The second kappa shape index (κ2) is 7.04. The molecule has 0 aliphatic carbocycles. The highest BCUT2D eigenvalue weighted by atomic mass is 16.3. The molecule has 1 amide bonds. The highest BCUT2D eigenvalue weighted by Crippen LogP contribution is 2.19. The average Bonchev–Trinajstić information content (AvgIpc) is 2.44. The summed E-state index contributed by atoms with van der Waals surface area (Å²) in [6, 6.07) is -0.312. The van der Waals surface area contributed by atoms with Crippen molar-refractivity contribution >= 4 is 5.91 Å². The summed E-state index contributed by atoms with van der Waals surface area (Å²) in [5.74, 6) is 0.249. The lowest BCUT2D eigenvalue weighted by molar-refractivity contribution is -0.128. The van der Waals surface area contributed by atoms with Crippen molar-refractivity contribution in [2.24, 2.45) is 5.92 Å². The lowest BCUT2D eigenvalue weighted by atomic mass is 9.89. The molecule has 0 aromatic carbocycles. The molecule has 1 heterocycles. The number of carbonyl (C=O) groups excluding carboxylic acids is 1. The number of rotatable bonds is 6. The van der Waals surface area contributed by atoms with Crippen molar-refractivity contribution in [1.29, 1.82) is 0 Å². The average molecular weight is 260 g/mol. The van der Waals surface area contributed by atoms with Gasteiger partial charge in [-0.2, -0.15) is 0 Å². The number of piperidine rings is 1. The van der Waals surface area contributed by atoms with Crippen molar-refractivity contribution in [2.45, 2.75) is 37.8 Å². The third-order valence-corrected chi connectivity index (χ3v) is 3.70. The van der Waals surface area contributed by atoms with E-state index in [0.29, 0.717) is 5.92 Å². The van der Waals surface area contributed by atoms with E-state index in [1.165, 1.54) is 0 Å². The summed E-state index contributed by atoms with van der Waals surface area (Å²) in [5, 5.41) is 33.2. The van der Waals surface area contributed by atoms with Crippen LogP contribution in [0.15, 0.2) is 0 Å². The smallest absolute Gasteiger partial charge is 0.237 e. The molecular formula is C12H24N2O4. The van der Waals surface area contributed by atoms with E-state index < -0.39 is 25.4 Å². The van der Waals surface area contributed by atoms with Crippen molar-refractivity contribution in [2.75, 3.05) is 26.4 Å². The summed E-state index contributed by atoms with van der Waals surface area (Å²) in [5.41, 5.74) is -1.34. The molecule has 106 valence electrons. The zero-order valence-electron chi connectivity index (χ0n) is 10.9. The molecule has 18 heavy (non-hydrogen) atoms. The first-order valence-electron chi connectivity index (χ1n) is 6.48. The fourth-order valence-electron chi connectivity index (χ4n) is 2.18. The van der Waals surface area contributed by atoms with Gasteiger partial charge < -0.3 is 26.0 Å². The largest absolute Gasteiger partial charge is 0.394 e. The van der Waals surface area contributed by atoms with E-state index in [1.54, 1.807) is 0 Å². The molecule has 0 saturated carbocycles. The monoisotopic (exact) mass is 260 g/mol. The van der Waals surface area contributed by atoms with Crippen LogP contribution in [0.25, 0.3) is 0 Å². The van der Waals surface area contributed by atoms with Gasteiger partial charge in [-0.25, -0.2) is 0 Å². The summed E-state index contributed by atoms with van der Waals surface area (Å²) in [6.45, 7) is 1.42. The van der Waals surface area contributed by atoms with E-state index >= 15 is 0 Å².